The second kappa shape index (κ2) is 12.4. The third kappa shape index (κ3) is 7.04. The molecule has 2 aromatic carbocycles. The van der Waals surface area contributed by atoms with Gasteiger partial charge >= 0.3 is 0 Å². The first-order valence-electron chi connectivity index (χ1n) is 13.5. The van der Waals surface area contributed by atoms with Crippen molar-refractivity contribution in [1.29, 1.82) is 0 Å². The van der Waals surface area contributed by atoms with Gasteiger partial charge < -0.3 is 15.0 Å². The zero-order valence-corrected chi connectivity index (χ0v) is 22.2. The minimum absolute atomic E-state index is 0.0653. The van der Waals surface area contributed by atoms with Gasteiger partial charge in [0.25, 0.3) is 0 Å². The molecule has 1 aromatic heterocycles. The van der Waals surface area contributed by atoms with Crippen molar-refractivity contribution in [2.75, 3.05) is 37.0 Å². The summed E-state index contributed by atoms with van der Waals surface area (Å²) in [5.41, 5.74) is 3.79. The largest absolute Gasteiger partial charge is 0.381 e. The monoisotopic (exact) mass is 531 g/mol. The highest BCUT2D eigenvalue weighted by Gasteiger charge is 2.35. The first-order valence-corrected chi connectivity index (χ1v) is 13.5. The average molecular weight is 532 g/mol. The van der Waals surface area contributed by atoms with Gasteiger partial charge in [-0.3, -0.25) is 14.5 Å². The number of hydrogen-bond donors (Lipinski definition) is 1. The van der Waals surface area contributed by atoms with E-state index in [2.05, 4.69) is 39.6 Å². The van der Waals surface area contributed by atoms with Gasteiger partial charge in [0.15, 0.2) is 5.82 Å². The number of carbonyl (C=O) groups is 2. The Balaban J connectivity index is 1.11. The molecule has 0 saturated carbocycles. The van der Waals surface area contributed by atoms with Crippen LogP contribution in [0.5, 0.6) is 0 Å². The second-order valence-electron chi connectivity index (χ2n) is 10.4. The number of nitrogens with zero attached hydrogens (tertiary/aromatic N) is 4. The Bertz CT molecular complexity index is 1260. The maximum atomic E-state index is 13.1. The van der Waals surface area contributed by atoms with E-state index in [9.17, 15) is 14.0 Å². The van der Waals surface area contributed by atoms with E-state index in [4.69, 9.17) is 4.74 Å². The third-order valence-corrected chi connectivity index (χ3v) is 7.54. The van der Waals surface area contributed by atoms with Gasteiger partial charge in [0.1, 0.15) is 5.82 Å². The van der Waals surface area contributed by atoms with Crippen molar-refractivity contribution in [3.05, 3.63) is 83.3 Å². The first kappa shape index (κ1) is 26.9. The van der Waals surface area contributed by atoms with Gasteiger partial charge in [-0.25, -0.2) is 4.39 Å². The summed E-state index contributed by atoms with van der Waals surface area (Å²) in [4.78, 5) is 29.7. The van der Waals surface area contributed by atoms with Gasteiger partial charge in [-0.2, -0.15) is 5.10 Å². The molecule has 2 aliphatic heterocycles. The standard InChI is InChI=1S/C30H34FN5O3/c1-35(26-14-16-39-17-15-26)19-22-5-11-27(12-6-22)36-20-23(18-29(36)37)30(38)32-28-13-10-25(33-34-28)9-4-21-2-7-24(31)8-3-21/h2-3,5-8,10-13,23,26H,4,9,14-20H2,1H3,(H,32,34,38). The number of aryl methyl sites for hydroxylation is 2. The van der Waals surface area contributed by atoms with Crippen LogP contribution >= 0.6 is 0 Å². The number of halogens is 1. The molecule has 9 heteroatoms. The molecule has 204 valence electrons. The number of carbonyl (C=O) groups excluding carboxylic acids is 2. The molecule has 2 aliphatic rings. The molecular weight excluding hydrogens is 497 g/mol. The molecule has 2 fully saturated rings. The van der Waals surface area contributed by atoms with Gasteiger partial charge in [-0.15, -0.1) is 5.10 Å². The first-order chi connectivity index (χ1) is 18.9. The third-order valence-electron chi connectivity index (χ3n) is 7.54. The Morgan fingerprint density at radius 1 is 1.00 bits per heavy atom. The van der Waals surface area contributed by atoms with Crippen LogP contribution in [0.15, 0.2) is 60.7 Å². The van der Waals surface area contributed by atoms with E-state index in [-0.39, 0.29) is 24.1 Å². The van der Waals surface area contributed by atoms with Crippen LogP contribution in [-0.4, -0.2) is 59.8 Å². The van der Waals surface area contributed by atoms with Gasteiger partial charge in [-0.05, 0) is 80.3 Å². The molecule has 1 unspecified atom stereocenters. The molecule has 3 aromatic rings. The summed E-state index contributed by atoms with van der Waals surface area (Å²) in [6.07, 6.45) is 3.63. The maximum absolute atomic E-state index is 13.1. The lowest BCUT2D eigenvalue weighted by Crippen LogP contribution is -2.36. The van der Waals surface area contributed by atoms with Crippen LogP contribution in [0.4, 0.5) is 15.9 Å². The van der Waals surface area contributed by atoms with Crippen molar-refractivity contribution in [1.82, 2.24) is 15.1 Å². The van der Waals surface area contributed by atoms with E-state index in [1.807, 2.05) is 18.2 Å². The van der Waals surface area contributed by atoms with Crippen LogP contribution in [-0.2, 0) is 33.7 Å². The van der Waals surface area contributed by atoms with Crippen molar-refractivity contribution < 1.29 is 18.7 Å². The van der Waals surface area contributed by atoms with Crippen molar-refractivity contribution in [2.45, 2.75) is 44.7 Å². The number of aromatic nitrogens is 2. The fourth-order valence-electron chi connectivity index (χ4n) is 5.17. The van der Waals surface area contributed by atoms with Crippen LogP contribution in [0.3, 0.4) is 0 Å². The summed E-state index contributed by atoms with van der Waals surface area (Å²) >= 11 is 0. The van der Waals surface area contributed by atoms with Crippen molar-refractivity contribution >= 4 is 23.3 Å². The van der Waals surface area contributed by atoms with E-state index in [1.165, 1.54) is 17.7 Å². The normalized spacial score (nSPS) is 18.1. The molecule has 8 nitrogen and oxygen atoms in total. The Kier molecular flexibility index (Phi) is 8.58. The number of amides is 2. The Hall–Kier alpha value is -3.69. The van der Waals surface area contributed by atoms with Crippen LogP contribution in [0, 0.1) is 11.7 Å². The number of benzene rings is 2. The minimum atomic E-state index is -0.461. The van der Waals surface area contributed by atoms with Crippen LogP contribution in [0.1, 0.15) is 36.1 Å². The van der Waals surface area contributed by atoms with Gasteiger partial charge in [0, 0.05) is 44.5 Å². The average Bonchev–Trinajstić information content (AvgIpc) is 3.36. The van der Waals surface area contributed by atoms with E-state index in [0.29, 0.717) is 31.2 Å². The highest BCUT2D eigenvalue weighted by molar-refractivity contribution is 6.03. The quantitative estimate of drug-likeness (QED) is 0.449. The van der Waals surface area contributed by atoms with Crippen LogP contribution in [0.25, 0.3) is 0 Å². The fourth-order valence-corrected chi connectivity index (χ4v) is 5.17. The highest BCUT2D eigenvalue weighted by Crippen LogP contribution is 2.27. The lowest BCUT2D eigenvalue weighted by molar-refractivity contribution is -0.122. The lowest BCUT2D eigenvalue weighted by atomic mass is 10.1. The molecule has 0 radical (unpaired) electrons. The van der Waals surface area contributed by atoms with E-state index in [1.54, 1.807) is 23.1 Å². The zero-order valence-electron chi connectivity index (χ0n) is 22.2. The van der Waals surface area contributed by atoms with E-state index in [0.717, 1.165) is 49.5 Å². The second-order valence-corrected chi connectivity index (χ2v) is 10.4. The summed E-state index contributed by atoms with van der Waals surface area (Å²) in [6, 6.07) is 18.5. The summed E-state index contributed by atoms with van der Waals surface area (Å²) in [5, 5.41) is 11.1. The molecular formula is C30H34FN5O3. The molecule has 2 amide bonds. The molecule has 0 bridgehead atoms. The summed E-state index contributed by atoms with van der Waals surface area (Å²) in [7, 11) is 2.14. The maximum Gasteiger partial charge on any atom is 0.231 e. The number of hydrogen-bond acceptors (Lipinski definition) is 6. The molecule has 5 rings (SSSR count). The molecule has 0 spiro atoms. The SMILES string of the molecule is CN(Cc1ccc(N2CC(C(=O)Nc3ccc(CCc4ccc(F)cc4)nn3)CC2=O)cc1)C1CCOCC1. The lowest BCUT2D eigenvalue weighted by Gasteiger charge is -2.31. The van der Waals surface area contributed by atoms with Crippen molar-refractivity contribution in [3.63, 3.8) is 0 Å². The molecule has 3 heterocycles. The van der Waals surface area contributed by atoms with E-state index < -0.39 is 5.92 Å². The van der Waals surface area contributed by atoms with E-state index >= 15 is 0 Å². The summed E-state index contributed by atoms with van der Waals surface area (Å²) in [6.45, 7) is 2.80. The number of anilines is 2. The molecule has 39 heavy (non-hydrogen) atoms. The molecule has 0 aliphatic carbocycles. The highest BCUT2D eigenvalue weighted by atomic mass is 19.1. The Labute approximate surface area is 228 Å². The Morgan fingerprint density at radius 3 is 2.41 bits per heavy atom. The van der Waals surface area contributed by atoms with Crippen LogP contribution < -0.4 is 10.2 Å². The summed E-state index contributed by atoms with van der Waals surface area (Å²) in [5.74, 6) is -0.669. The zero-order chi connectivity index (χ0) is 27.2. The fraction of sp³-hybridized carbons (Fsp3) is 0.400. The summed E-state index contributed by atoms with van der Waals surface area (Å²) < 4.78 is 18.5. The van der Waals surface area contributed by atoms with Gasteiger partial charge in [0.05, 0.1) is 11.6 Å². The van der Waals surface area contributed by atoms with Gasteiger partial charge in [0.2, 0.25) is 11.8 Å². The number of ether oxygens (including phenoxy) is 1. The molecule has 1 N–H and O–H groups in total. The predicted molar refractivity (Wildman–Crippen MR) is 147 cm³/mol. The smallest absolute Gasteiger partial charge is 0.231 e. The number of rotatable bonds is 9. The number of nitrogens with one attached hydrogen (secondary N) is 1. The molecule has 1 atom stereocenters. The van der Waals surface area contributed by atoms with Crippen molar-refractivity contribution in [3.8, 4) is 0 Å². The predicted octanol–water partition coefficient (Wildman–Crippen LogP) is 4.00. The Morgan fingerprint density at radius 2 is 1.72 bits per heavy atom. The topological polar surface area (TPSA) is 87.7 Å². The van der Waals surface area contributed by atoms with Gasteiger partial charge in [-0.1, -0.05) is 24.3 Å². The van der Waals surface area contributed by atoms with Crippen molar-refractivity contribution in [2.24, 2.45) is 5.92 Å². The van der Waals surface area contributed by atoms with Crippen LogP contribution in [0.2, 0.25) is 0 Å². The minimum Gasteiger partial charge on any atom is -0.381 e. The molecule has 2 saturated heterocycles.